The normalized spacial score (nSPS) is 12.0. The summed E-state index contributed by atoms with van der Waals surface area (Å²) in [6.45, 7) is 0.434. The number of furan rings is 1. The smallest absolute Gasteiger partial charge is 0.251 e. The Balaban J connectivity index is 1.61. The van der Waals surface area contributed by atoms with Crippen LogP contribution in [0.1, 0.15) is 32.0 Å². The van der Waals surface area contributed by atoms with Crippen molar-refractivity contribution < 1.29 is 14.3 Å². The first-order chi connectivity index (χ1) is 10.7. The van der Waals surface area contributed by atoms with Gasteiger partial charge in [-0.3, -0.25) is 4.79 Å². The summed E-state index contributed by atoms with van der Waals surface area (Å²) in [5, 5.41) is 13.0. The first-order valence-corrected chi connectivity index (χ1v) is 7.69. The molecule has 5 heteroatoms. The van der Waals surface area contributed by atoms with Gasteiger partial charge in [0.25, 0.3) is 5.91 Å². The molecule has 2 aromatic heterocycles. The number of thiophene rings is 1. The minimum absolute atomic E-state index is 0.109. The van der Waals surface area contributed by atoms with E-state index in [1.807, 2.05) is 30.3 Å². The third-order valence-corrected chi connectivity index (χ3v) is 4.36. The summed E-state index contributed by atoms with van der Waals surface area (Å²) >= 11 is 1.45. The van der Waals surface area contributed by atoms with E-state index in [0.29, 0.717) is 17.9 Å². The fourth-order valence-corrected chi connectivity index (χ4v) is 3.03. The Morgan fingerprint density at radius 2 is 1.95 bits per heavy atom. The SMILES string of the molecule is O=C(NCc1ccc(C(O)c2ccco2)s1)c1ccccc1. The molecule has 0 bridgehead atoms. The summed E-state index contributed by atoms with van der Waals surface area (Å²) in [4.78, 5) is 13.7. The Bertz CT molecular complexity index is 734. The van der Waals surface area contributed by atoms with Crippen molar-refractivity contribution in [2.24, 2.45) is 0 Å². The van der Waals surface area contributed by atoms with Crippen LogP contribution in [0.4, 0.5) is 0 Å². The molecule has 4 nitrogen and oxygen atoms in total. The number of aliphatic hydroxyl groups excluding tert-OH is 1. The second-order valence-electron chi connectivity index (χ2n) is 4.77. The van der Waals surface area contributed by atoms with E-state index in [0.717, 1.165) is 9.75 Å². The van der Waals surface area contributed by atoms with E-state index >= 15 is 0 Å². The zero-order chi connectivity index (χ0) is 15.4. The highest BCUT2D eigenvalue weighted by Gasteiger charge is 2.15. The average molecular weight is 313 g/mol. The van der Waals surface area contributed by atoms with Gasteiger partial charge in [-0.05, 0) is 36.4 Å². The van der Waals surface area contributed by atoms with Crippen LogP contribution in [0, 0.1) is 0 Å². The highest BCUT2D eigenvalue weighted by atomic mass is 32.1. The maximum atomic E-state index is 12.0. The molecule has 0 aliphatic heterocycles. The van der Waals surface area contributed by atoms with E-state index in [4.69, 9.17) is 4.42 Å². The Hall–Kier alpha value is -2.37. The van der Waals surface area contributed by atoms with Crippen molar-refractivity contribution in [3.63, 3.8) is 0 Å². The monoisotopic (exact) mass is 313 g/mol. The number of amides is 1. The van der Waals surface area contributed by atoms with Crippen molar-refractivity contribution in [1.82, 2.24) is 5.32 Å². The molecular weight excluding hydrogens is 298 g/mol. The second kappa shape index (κ2) is 6.60. The van der Waals surface area contributed by atoms with E-state index in [2.05, 4.69) is 5.32 Å². The van der Waals surface area contributed by atoms with Crippen LogP contribution in [0.2, 0.25) is 0 Å². The number of carbonyl (C=O) groups is 1. The van der Waals surface area contributed by atoms with Crippen LogP contribution in [-0.2, 0) is 6.54 Å². The number of hydrogen-bond donors (Lipinski definition) is 2. The minimum atomic E-state index is -0.765. The molecule has 0 saturated carbocycles. The Morgan fingerprint density at radius 1 is 1.14 bits per heavy atom. The third kappa shape index (κ3) is 3.27. The minimum Gasteiger partial charge on any atom is -0.466 e. The largest absolute Gasteiger partial charge is 0.466 e. The summed E-state index contributed by atoms with van der Waals surface area (Å²) in [6, 6.07) is 16.3. The number of aliphatic hydroxyl groups is 1. The molecule has 22 heavy (non-hydrogen) atoms. The number of nitrogens with one attached hydrogen (secondary N) is 1. The van der Waals surface area contributed by atoms with E-state index < -0.39 is 6.10 Å². The standard InChI is InChI=1S/C17H15NO3S/c19-16(14-7-4-10-21-14)15-9-8-13(22-15)11-18-17(20)12-5-2-1-3-6-12/h1-10,16,19H,11H2,(H,18,20). The van der Waals surface area contributed by atoms with Gasteiger partial charge in [0.05, 0.1) is 12.8 Å². The summed E-state index contributed by atoms with van der Waals surface area (Å²) in [5.74, 6) is 0.406. The van der Waals surface area contributed by atoms with E-state index in [-0.39, 0.29) is 5.91 Å². The third-order valence-electron chi connectivity index (χ3n) is 3.22. The van der Waals surface area contributed by atoms with Gasteiger partial charge < -0.3 is 14.8 Å². The van der Waals surface area contributed by atoms with Gasteiger partial charge in [-0.1, -0.05) is 18.2 Å². The molecule has 1 amide bonds. The van der Waals surface area contributed by atoms with Crippen LogP contribution in [0.25, 0.3) is 0 Å². The van der Waals surface area contributed by atoms with Crippen LogP contribution in [0.15, 0.2) is 65.3 Å². The van der Waals surface area contributed by atoms with E-state index in [9.17, 15) is 9.90 Å². The highest BCUT2D eigenvalue weighted by Crippen LogP contribution is 2.28. The van der Waals surface area contributed by atoms with E-state index in [1.54, 1.807) is 24.3 Å². The predicted molar refractivity (Wildman–Crippen MR) is 84.7 cm³/mol. The molecule has 1 atom stereocenters. The predicted octanol–water partition coefficient (Wildman–Crippen LogP) is 3.35. The van der Waals surface area contributed by atoms with Crippen molar-refractivity contribution >= 4 is 17.2 Å². The molecule has 1 aromatic carbocycles. The van der Waals surface area contributed by atoms with Gasteiger partial charge in [0.1, 0.15) is 11.9 Å². The molecule has 3 rings (SSSR count). The zero-order valence-corrected chi connectivity index (χ0v) is 12.5. The van der Waals surface area contributed by atoms with Gasteiger partial charge in [0.15, 0.2) is 0 Å². The van der Waals surface area contributed by atoms with Gasteiger partial charge in [0, 0.05) is 15.3 Å². The summed E-state index contributed by atoms with van der Waals surface area (Å²) < 4.78 is 5.20. The van der Waals surface area contributed by atoms with Gasteiger partial charge in [-0.15, -0.1) is 11.3 Å². The van der Waals surface area contributed by atoms with Crippen LogP contribution < -0.4 is 5.32 Å². The Labute approximate surface area is 132 Å². The average Bonchev–Trinajstić information content (AvgIpc) is 3.24. The molecule has 2 heterocycles. The molecule has 0 saturated heterocycles. The maximum absolute atomic E-state index is 12.0. The van der Waals surface area contributed by atoms with Gasteiger partial charge in [-0.2, -0.15) is 0 Å². The molecule has 0 aliphatic carbocycles. The number of hydrogen-bond acceptors (Lipinski definition) is 4. The molecule has 0 radical (unpaired) electrons. The molecule has 3 aromatic rings. The lowest BCUT2D eigenvalue weighted by atomic mass is 10.2. The molecule has 0 fully saturated rings. The van der Waals surface area contributed by atoms with E-state index in [1.165, 1.54) is 17.6 Å². The van der Waals surface area contributed by atoms with Crippen molar-refractivity contribution in [2.45, 2.75) is 12.6 Å². The lowest BCUT2D eigenvalue weighted by Gasteiger charge is -2.05. The van der Waals surface area contributed by atoms with Crippen molar-refractivity contribution in [2.75, 3.05) is 0 Å². The highest BCUT2D eigenvalue weighted by molar-refractivity contribution is 7.12. The Morgan fingerprint density at radius 3 is 2.68 bits per heavy atom. The maximum Gasteiger partial charge on any atom is 0.251 e. The number of benzene rings is 1. The first-order valence-electron chi connectivity index (χ1n) is 6.87. The van der Waals surface area contributed by atoms with Crippen LogP contribution in [0.5, 0.6) is 0 Å². The zero-order valence-electron chi connectivity index (χ0n) is 11.7. The molecule has 0 spiro atoms. The van der Waals surface area contributed by atoms with Gasteiger partial charge >= 0.3 is 0 Å². The number of carbonyl (C=O) groups excluding carboxylic acids is 1. The fourth-order valence-electron chi connectivity index (χ4n) is 2.08. The van der Waals surface area contributed by atoms with Crippen molar-refractivity contribution in [1.29, 1.82) is 0 Å². The molecule has 112 valence electrons. The number of rotatable bonds is 5. The molecular formula is C17H15NO3S. The quantitative estimate of drug-likeness (QED) is 0.759. The second-order valence-corrected chi connectivity index (χ2v) is 5.97. The topological polar surface area (TPSA) is 62.5 Å². The Kier molecular flexibility index (Phi) is 4.37. The lowest BCUT2D eigenvalue weighted by Crippen LogP contribution is -2.22. The lowest BCUT2D eigenvalue weighted by molar-refractivity contribution is 0.0951. The summed E-state index contributed by atoms with van der Waals surface area (Å²) in [5.41, 5.74) is 0.634. The summed E-state index contributed by atoms with van der Waals surface area (Å²) in [6.07, 6.45) is 0.770. The van der Waals surface area contributed by atoms with Gasteiger partial charge in [0.2, 0.25) is 0 Å². The van der Waals surface area contributed by atoms with Crippen LogP contribution >= 0.6 is 11.3 Å². The molecule has 0 aliphatic rings. The first kappa shape index (κ1) is 14.6. The van der Waals surface area contributed by atoms with Crippen LogP contribution in [0.3, 0.4) is 0 Å². The fraction of sp³-hybridized carbons (Fsp3) is 0.118. The molecule has 2 N–H and O–H groups in total. The van der Waals surface area contributed by atoms with Crippen LogP contribution in [-0.4, -0.2) is 11.0 Å². The van der Waals surface area contributed by atoms with Gasteiger partial charge in [-0.25, -0.2) is 0 Å². The van der Waals surface area contributed by atoms with Crippen molar-refractivity contribution in [3.8, 4) is 0 Å². The van der Waals surface area contributed by atoms with Crippen molar-refractivity contribution in [3.05, 3.63) is 81.9 Å². The summed E-state index contributed by atoms with van der Waals surface area (Å²) in [7, 11) is 0. The molecule has 1 unspecified atom stereocenters.